The second-order valence-electron chi connectivity index (χ2n) is 2.96. The number of nitriles is 1. The number of rotatable bonds is 1. The predicted molar refractivity (Wildman–Crippen MR) is 38.7 cm³/mol. The summed E-state index contributed by atoms with van der Waals surface area (Å²) in [5.41, 5.74) is 0. The zero-order valence-corrected chi connectivity index (χ0v) is 6.29. The van der Waals surface area contributed by atoms with Gasteiger partial charge in [-0.25, -0.2) is 0 Å². The summed E-state index contributed by atoms with van der Waals surface area (Å²) in [6.45, 7) is 0. The van der Waals surface area contributed by atoms with Crippen LogP contribution in [0, 0.1) is 23.2 Å². The van der Waals surface area contributed by atoms with Gasteiger partial charge in [0.05, 0.1) is 17.9 Å². The Morgan fingerprint density at radius 3 is 2.55 bits per heavy atom. The van der Waals surface area contributed by atoms with E-state index in [9.17, 15) is 4.79 Å². The van der Waals surface area contributed by atoms with Crippen LogP contribution in [-0.4, -0.2) is 11.1 Å². The first-order valence-electron chi connectivity index (χ1n) is 3.88. The first-order valence-corrected chi connectivity index (χ1v) is 3.88. The third-order valence-corrected chi connectivity index (χ3v) is 2.25. The van der Waals surface area contributed by atoms with E-state index in [1.807, 2.05) is 0 Å². The molecule has 0 saturated heterocycles. The Hall–Kier alpha value is -1.04. The molecule has 0 aromatic rings. The standard InChI is InChI=1S/C8H11NO2/c9-5-6-3-1-2-4-7(6)8(10)11/h6-7H,1-4H2,(H,10,11)/t6-,7+/m0/s1. The van der Waals surface area contributed by atoms with E-state index in [4.69, 9.17) is 10.4 Å². The topological polar surface area (TPSA) is 61.1 Å². The van der Waals surface area contributed by atoms with Gasteiger partial charge in [-0.3, -0.25) is 4.79 Å². The maximum atomic E-state index is 10.6. The molecule has 2 atom stereocenters. The van der Waals surface area contributed by atoms with Crippen LogP contribution in [0.5, 0.6) is 0 Å². The van der Waals surface area contributed by atoms with Crippen molar-refractivity contribution in [3.8, 4) is 6.07 Å². The molecular weight excluding hydrogens is 142 g/mol. The van der Waals surface area contributed by atoms with Crippen molar-refractivity contribution in [2.45, 2.75) is 25.7 Å². The van der Waals surface area contributed by atoms with Gasteiger partial charge in [0.25, 0.3) is 0 Å². The Kier molecular flexibility index (Phi) is 2.48. The third kappa shape index (κ3) is 1.70. The summed E-state index contributed by atoms with van der Waals surface area (Å²) < 4.78 is 0. The molecule has 11 heavy (non-hydrogen) atoms. The van der Waals surface area contributed by atoms with Crippen LogP contribution in [0.3, 0.4) is 0 Å². The summed E-state index contributed by atoms with van der Waals surface area (Å²) in [6.07, 6.45) is 3.39. The van der Waals surface area contributed by atoms with Crippen LogP contribution < -0.4 is 0 Å². The molecule has 0 spiro atoms. The van der Waals surface area contributed by atoms with Crippen molar-refractivity contribution >= 4 is 5.97 Å². The molecule has 0 aliphatic heterocycles. The lowest BCUT2D eigenvalue weighted by Gasteiger charge is -2.22. The SMILES string of the molecule is N#C[C@@H]1CCCC[C@H]1C(=O)O. The maximum absolute atomic E-state index is 10.6. The van der Waals surface area contributed by atoms with E-state index in [0.717, 1.165) is 19.3 Å². The van der Waals surface area contributed by atoms with E-state index < -0.39 is 11.9 Å². The fourth-order valence-corrected chi connectivity index (χ4v) is 1.58. The van der Waals surface area contributed by atoms with Crippen molar-refractivity contribution in [1.82, 2.24) is 0 Å². The summed E-state index contributed by atoms with van der Waals surface area (Å²) in [5.74, 6) is -1.47. The fourth-order valence-electron chi connectivity index (χ4n) is 1.58. The van der Waals surface area contributed by atoms with Crippen LogP contribution in [0.2, 0.25) is 0 Å². The molecule has 0 unspecified atom stereocenters. The molecule has 1 aliphatic carbocycles. The summed E-state index contributed by atoms with van der Waals surface area (Å²) in [6, 6.07) is 2.05. The minimum Gasteiger partial charge on any atom is -0.481 e. The quantitative estimate of drug-likeness (QED) is 0.619. The molecule has 0 amide bonds. The average Bonchev–Trinajstić information content (AvgIpc) is 2.04. The van der Waals surface area contributed by atoms with Crippen LogP contribution in [-0.2, 0) is 4.79 Å². The zero-order valence-electron chi connectivity index (χ0n) is 6.29. The number of hydrogen-bond donors (Lipinski definition) is 1. The van der Waals surface area contributed by atoms with Crippen LogP contribution in [0.4, 0.5) is 0 Å². The zero-order chi connectivity index (χ0) is 8.27. The van der Waals surface area contributed by atoms with Crippen molar-refractivity contribution in [1.29, 1.82) is 5.26 Å². The van der Waals surface area contributed by atoms with Gasteiger partial charge in [-0.2, -0.15) is 5.26 Å². The fraction of sp³-hybridized carbons (Fsp3) is 0.750. The maximum Gasteiger partial charge on any atom is 0.307 e. The van der Waals surface area contributed by atoms with Gasteiger partial charge in [0.1, 0.15) is 0 Å². The molecule has 1 saturated carbocycles. The molecular formula is C8H11NO2. The molecule has 3 heteroatoms. The molecule has 0 bridgehead atoms. The molecule has 1 fully saturated rings. The molecule has 3 nitrogen and oxygen atoms in total. The highest BCUT2D eigenvalue weighted by Crippen LogP contribution is 2.29. The van der Waals surface area contributed by atoms with E-state index in [2.05, 4.69) is 6.07 Å². The van der Waals surface area contributed by atoms with Crippen molar-refractivity contribution in [2.75, 3.05) is 0 Å². The Labute approximate surface area is 65.6 Å². The first-order chi connectivity index (χ1) is 5.25. The van der Waals surface area contributed by atoms with Crippen LogP contribution in [0.15, 0.2) is 0 Å². The lowest BCUT2D eigenvalue weighted by Crippen LogP contribution is -2.25. The number of carbonyl (C=O) groups is 1. The lowest BCUT2D eigenvalue weighted by atomic mass is 9.80. The molecule has 60 valence electrons. The lowest BCUT2D eigenvalue weighted by molar-refractivity contribution is -0.144. The van der Waals surface area contributed by atoms with Gasteiger partial charge in [0.15, 0.2) is 0 Å². The average molecular weight is 153 g/mol. The Bertz CT molecular complexity index is 195. The number of nitrogens with zero attached hydrogens (tertiary/aromatic N) is 1. The molecule has 0 aromatic heterocycles. The van der Waals surface area contributed by atoms with Crippen molar-refractivity contribution in [3.63, 3.8) is 0 Å². The normalized spacial score (nSPS) is 30.8. The second kappa shape index (κ2) is 3.38. The Morgan fingerprint density at radius 2 is 2.09 bits per heavy atom. The minimum absolute atomic E-state index is 0.249. The smallest absolute Gasteiger partial charge is 0.307 e. The number of carboxylic acids is 1. The van der Waals surface area contributed by atoms with Crippen molar-refractivity contribution in [3.05, 3.63) is 0 Å². The molecule has 1 rings (SSSR count). The van der Waals surface area contributed by atoms with Gasteiger partial charge in [0, 0.05) is 0 Å². The van der Waals surface area contributed by atoms with Crippen LogP contribution >= 0.6 is 0 Å². The summed E-state index contributed by atoms with van der Waals surface area (Å²) in [5, 5.41) is 17.3. The first kappa shape index (κ1) is 8.06. The largest absolute Gasteiger partial charge is 0.481 e. The molecule has 1 aliphatic rings. The number of hydrogen-bond acceptors (Lipinski definition) is 2. The van der Waals surface area contributed by atoms with E-state index in [-0.39, 0.29) is 5.92 Å². The van der Waals surface area contributed by atoms with E-state index >= 15 is 0 Å². The van der Waals surface area contributed by atoms with Gasteiger partial charge < -0.3 is 5.11 Å². The van der Waals surface area contributed by atoms with Gasteiger partial charge >= 0.3 is 5.97 Å². The predicted octanol–water partition coefficient (Wildman–Crippen LogP) is 1.40. The monoisotopic (exact) mass is 153 g/mol. The highest BCUT2D eigenvalue weighted by Gasteiger charge is 2.30. The summed E-state index contributed by atoms with van der Waals surface area (Å²) >= 11 is 0. The summed E-state index contributed by atoms with van der Waals surface area (Å²) in [7, 11) is 0. The van der Waals surface area contributed by atoms with Crippen LogP contribution in [0.1, 0.15) is 25.7 Å². The van der Waals surface area contributed by atoms with Gasteiger partial charge in [-0.1, -0.05) is 12.8 Å². The third-order valence-electron chi connectivity index (χ3n) is 2.25. The second-order valence-corrected chi connectivity index (χ2v) is 2.96. The number of carboxylic acid groups (broad SMARTS) is 1. The van der Waals surface area contributed by atoms with E-state index in [0.29, 0.717) is 6.42 Å². The molecule has 0 heterocycles. The minimum atomic E-state index is -0.809. The number of aliphatic carboxylic acids is 1. The molecule has 0 radical (unpaired) electrons. The molecule has 0 aromatic carbocycles. The van der Waals surface area contributed by atoms with Gasteiger partial charge in [-0.05, 0) is 12.8 Å². The Morgan fingerprint density at radius 1 is 1.45 bits per heavy atom. The Balaban J connectivity index is 2.60. The van der Waals surface area contributed by atoms with Crippen LogP contribution in [0.25, 0.3) is 0 Å². The highest BCUT2D eigenvalue weighted by molar-refractivity contribution is 5.70. The van der Waals surface area contributed by atoms with E-state index in [1.165, 1.54) is 0 Å². The summed E-state index contributed by atoms with van der Waals surface area (Å²) in [4.78, 5) is 10.6. The van der Waals surface area contributed by atoms with Gasteiger partial charge in [-0.15, -0.1) is 0 Å². The van der Waals surface area contributed by atoms with E-state index in [1.54, 1.807) is 0 Å². The van der Waals surface area contributed by atoms with Crippen molar-refractivity contribution in [2.24, 2.45) is 11.8 Å². The van der Waals surface area contributed by atoms with Crippen molar-refractivity contribution < 1.29 is 9.90 Å². The molecule has 1 N–H and O–H groups in total. The highest BCUT2D eigenvalue weighted by atomic mass is 16.4. The van der Waals surface area contributed by atoms with Gasteiger partial charge in [0.2, 0.25) is 0 Å².